The van der Waals surface area contributed by atoms with Crippen LogP contribution < -0.4 is 9.64 Å². The number of carbonyl (C=O) groups is 1. The van der Waals surface area contributed by atoms with Crippen LogP contribution in [0.4, 0.5) is 11.4 Å². The molecule has 2 aliphatic heterocycles. The number of aliphatic imine (C=N–C) groups is 1. The summed E-state index contributed by atoms with van der Waals surface area (Å²) in [6.07, 6.45) is 0.767. The minimum absolute atomic E-state index is 0.00221. The maximum Gasteiger partial charge on any atom is 0.269 e. The third kappa shape index (κ3) is 4.33. The number of amidine groups is 1. The number of carbonyl (C=O) groups excluding carboxylic acids is 1. The van der Waals surface area contributed by atoms with Gasteiger partial charge >= 0.3 is 0 Å². The van der Waals surface area contributed by atoms with Crippen LogP contribution in [0.3, 0.4) is 0 Å². The number of fused-ring (bicyclic) bond motifs is 1. The minimum atomic E-state index is 0.00221. The molecule has 0 saturated carbocycles. The van der Waals surface area contributed by atoms with Crippen LogP contribution in [0.25, 0.3) is 0 Å². The third-order valence-electron chi connectivity index (χ3n) is 5.90. The molecular weight excluding hydrogens is 462 g/mol. The van der Waals surface area contributed by atoms with Crippen LogP contribution in [0, 0.1) is 6.92 Å². The number of thioether (sulfide) groups is 2. The maximum atomic E-state index is 13.7. The van der Waals surface area contributed by atoms with Crippen LogP contribution in [-0.2, 0) is 11.2 Å². The fraction of sp³-hybridized carbons (Fsp3) is 0.185. The summed E-state index contributed by atoms with van der Waals surface area (Å²) in [5, 5.41) is 1.65. The third-order valence-corrected chi connectivity index (χ3v) is 8.33. The van der Waals surface area contributed by atoms with Crippen molar-refractivity contribution in [3.05, 3.63) is 93.9 Å². The first-order chi connectivity index (χ1) is 16.5. The highest BCUT2D eigenvalue weighted by atomic mass is 32.2. The number of benzene rings is 3. The van der Waals surface area contributed by atoms with Gasteiger partial charge in [-0.05, 0) is 54.4 Å². The van der Waals surface area contributed by atoms with Gasteiger partial charge in [0.25, 0.3) is 5.91 Å². The van der Waals surface area contributed by atoms with Crippen molar-refractivity contribution >= 4 is 46.0 Å². The highest BCUT2D eigenvalue weighted by Crippen LogP contribution is 2.51. The largest absolute Gasteiger partial charge is 0.497 e. The number of aryl methyl sites for hydroxylation is 1. The monoisotopic (exact) mass is 487 g/mol. The molecule has 3 aromatic carbocycles. The van der Waals surface area contributed by atoms with Gasteiger partial charge in [-0.15, -0.1) is 0 Å². The lowest BCUT2D eigenvalue weighted by atomic mass is 10.1. The van der Waals surface area contributed by atoms with E-state index in [-0.39, 0.29) is 5.91 Å². The van der Waals surface area contributed by atoms with Crippen molar-refractivity contribution in [1.82, 2.24) is 4.90 Å². The van der Waals surface area contributed by atoms with Crippen LogP contribution in [0.2, 0.25) is 0 Å². The molecule has 7 heteroatoms. The second-order valence-electron chi connectivity index (χ2n) is 8.10. The lowest BCUT2D eigenvalue weighted by molar-refractivity contribution is -0.122. The molecule has 1 saturated heterocycles. The van der Waals surface area contributed by atoms with Gasteiger partial charge < -0.3 is 9.64 Å². The van der Waals surface area contributed by atoms with Crippen LogP contribution in [0.1, 0.15) is 11.1 Å². The fourth-order valence-corrected chi connectivity index (χ4v) is 6.29. The molecule has 2 heterocycles. The van der Waals surface area contributed by atoms with Crippen molar-refractivity contribution in [3.8, 4) is 5.75 Å². The Hall–Kier alpha value is -3.16. The quantitative estimate of drug-likeness (QED) is 0.400. The number of para-hydroxylation sites is 1. The van der Waals surface area contributed by atoms with Crippen molar-refractivity contribution < 1.29 is 9.53 Å². The molecule has 0 N–H and O–H groups in total. The normalized spacial score (nSPS) is 18.7. The first kappa shape index (κ1) is 22.6. The molecule has 0 atom stereocenters. The fourth-order valence-electron chi connectivity index (χ4n) is 3.95. The van der Waals surface area contributed by atoms with Crippen molar-refractivity contribution in [2.45, 2.75) is 18.2 Å². The number of ether oxygens (including phenoxy) is 1. The number of methoxy groups -OCH3 is 1. The Morgan fingerprint density at radius 1 is 0.971 bits per heavy atom. The van der Waals surface area contributed by atoms with Gasteiger partial charge in [-0.25, -0.2) is 4.99 Å². The van der Waals surface area contributed by atoms with E-state index < -0.39 is 0 Å². The highest BCUT2D eigenvalue weighted by molar-refractivity contribution is 8.19. The van der Waals surface area contributed by atoms with Gasteiger partial charge in [0.15, 0.2) is 5.17 Å². The number of rotatable bonds is 5. The van der Waals surface area contributed by atoms with Gasteiger partial charge in [0.1, 0.15) is 10.7 Å². The summed E-state index contributed by atoms with van der Waals surface area (Å²) >= 11 is 3.08. The lowest BCUT2D eigenvalue weighted by Crippen LogP contribution is -2.31. The molecular formula is C27H25N3O2S2. The summed E-state index contributed by atoms with van der Waals surface area (Å²) in [4.78, 5) is 24.4. The SMILES string of the molecule is COc1ccc2c(c1)N(C)C(=C1SC(=Nc3ccccc3C)N(CCc3ccccc3)C1=O)S2. The Morgan fingerprint density at radius 3 is 2.50 bits per heavy atom. The molecule has 1 fully saturated rings. The van der Waals surface area contributed by atoms with E-state index in [4.69, 9.17) is 9.73 Å². The van der Waals surface area contributed by atoms with E-state index in [0.29, 0.717) is 11.4 Å². The second-order valence-corrected chi connectivity index (χ2v) is 10.1. The molecule has 0 aromatic heterocycles. The van der Waals surface area contributed by atoms with Crippen LogP contribution in [0.15, 0.2) is 92.6 Å². The Balaban J connectivity index is 1.51. The zero-order valence-electron chi connectivity index (χ0n) is 19.3. The van der Waals surface area contributed by atoms with Crippen molar-refractivity contribution in [2.24, 2.45) is 4.99 Å². The second kappa shape index (κ2) is 9.60. The maximum absolute atomic E-state index is 13.7. The van der Waals surface area contributed by atoms with Gasteiger partial charge in [0, 0.05) is 24.6 Å². The predicted molar refractivity (Wildman–Crippen MR) is 142 cm³/mol. The number of hydrogen-bond donors (Lipinski definition) is 0. The Labute approximate surface area is 208 Å². The summed E-state index contributed by atoms with van der Waals surface area (Å²) in [5.74, 6) is 0.802. The topological polar surface area (TPSA) is 45.1 Å². The Kier molecular flexibility index (Phi) is 6.39. The molecule has 0 bridgehead atoms. The molecule has 5 rings (SSSR count). The minimum Gasteiger partial charge on any atom is -0.497 e. The highest BCUT2D eigenvalue weighted by Gasteiger charge is 2.39. The smallest absolute Gasteiger partial charge is 0.269 e. The van der Waals surface area contributed by atoms with Gasteiger partial charge in [-0.2, -0.15) is 0 Å². The molecule has 0 radical (unpaired) electrons. The number of amides is 1. The van der Waals surface area contributed by atoms with Crippen LogP contribution in [-0.4, -0.2) is 36.7 Å². The summed E-state index contributed by atoms with van der Waals surface area (Å²) in [6.45, 7) is 2.62. The zero-order valence-corrected chi connectivity index (χ0v) is 21.0. The van der Waals surface area contributed by atoms with E-state index in [1.165, 1.54) is 17.3 Å². The van der Waals surface area contributed by atoms with E-state index in [9.17, 15) is 4.79 Å². The first-order valence-corrected chi connectivity index (χ1v) is 12.7. The predicted octanol–water partition coefficient (Wildman–Crippen LogP) is 6.22. The van der Waals surface area contributed by atoms with Gasteiger partial charge in [0.05, 0.1) is 23.5 Å². The summed E-state index contributed by atoms with van der Waals surface area (Å²) in [5.41, 5.74) is 4.21. The number of hydrogen-bond acceptors (Lipinski definition) is 6. The van der Waals surface area contributed by atoms with Gasteiger partial charge in [-0.1, -0.05) is 60.3 Å². The molecule has 2 aliphatic rings. The van der Waals surface area contributed by atoms with Crippen molar-refractivity contribution in [1.29, 1.82) is 0 Å². The molecule has 0 unspecified atom stereocenters. The summed E-state index contributed by atoms with van der Waals surface area (Å²) in [6, 6.07) is 24.3. The summed E-state index contributed by atoms with van der Waals surface area (Å²) in [7, 11) is 3.66. The molecule has 3 aromatic rings. The first-order valence-electron chi connectivity index (χ1n) is 11.1. The van der Waals surface area contributed by atoms with Crippen LogP contribution in [0.5, 0.6) is 5.75 Å². The van der Waals surface area contributed by atoms with Crippen molar-refractivity contribution in [2.75, 3.05) is 25.6 Å². The zero-order chi connectivity index (χ0) is 23.7. The molecule has 5 nitrogen and oxygen atoms in total. The van der Waals surface area contributed by atoms with Gasteiger partial charge in [0.2, 0.25) is 0 Å². The number of anilines is 1. The number of nitrogens with zero attached hydrogens (tertiary/aromatic N) is 3. The summed E-state index contributed by atoms with van der Waals surface area (Å²) < 4.78 is 5.40. The standard InChI is InChI=1S/C27H25N3O2S2/c1-18-9-7-8-12-21(18)28-27-30(16-15-19-10-5-4-6-11-19)25(31)24(34-27)26-29(2)22-17-20(32-3)13-14-23(22)33-26/h4-14,17H,15-16H2,1-3H3. The van der Waals surface area contributed by atoms with Crippen LogP contribution >= 0.6 is 23.5 Å². The molecule has 0 spiro atoms. The Morgan fingerprint density at radius 2 is 1.74 bits per heavy atom. The average molecular weight is 488 g/mol. The molecule has 34 heavy (non-hydrogen) atoms. The average Bonchev–Trinajstić information content (AvgIpc) is 3.35. The Bertz CT molecular complexity index is 1300. The van der Waals surface area contributed by atoms with E-state index in [2.05, 4.69) is 17.0 Å². The van der Waals surface area contributed by atoms with Crippen molar-refractivity contribution in [3.63, 3.8) is 0 Å². The molecule has 172 valence electrons. The van der Waals surface area contributed by atoms with E-state index in [1.54, 1.807) is 18.9 Å². The molecule has 0 aliphatic carbocycles. The van der Waals surface area contributed by atoms with E-state index in [1.807, 2.05) is 79.5 Å². The molecule has 1 amide bonds. The van der Waals surface area contributed by atoms with E-state index >= 15 is 0 Å². The van der Waals surface area contributed by atoms with E-state index in [0.717, 1.165) is 44.2 Å². The van der Waals surface area contributed by atoms with Gasteiger partial charge in [-0.3, -0.25) is 9.69 Å². The lowest BCUT2D eigenvalue weighted by Gasteiger charge is -2.17.